The normalized spacial score (nSPS) is 19.2. The summed E-state index contributed by atoms with van der Waals surface area (Å²) < 4.78 is 6.07. The fourth-order valence-corrected chi connectivity index (χ4v) is 2.97. The first-order valence-electron chi connectivity index (χ1n) is 7.11. The topological polar surface area (TPSA) is 49.9 Å². The first-order valence-corrected chi connectivity index (χ1v) is 7.11. The summed E-state index contributed by atoms with van der Waals surface area (Å²) in [7, 11) is 0. The number of nitrogens with one attached hydrogen (secondary N) is 2. The van der Waals surface area contributed by atoms with E-state index in [9.17, 15) is 0 Å². The second kappa shape index (κ2) is 4.25. The number of para-hydroxylation sites is 1. The number of aromatic nitrogens is 2. The quantitative estimate of drug-likeness (QED) is 0.748. The highest BCUT2D eigenvalue weighted by molar-refractivity contribution is 5.81. The maximum atomic E-state index is 6.07. The Morgan fingerprint density at radius 1 is 1.19 bits per heavy atom. The van der Waals surface area contributed by atoms with Gasteiger partial charge in [0.1, 0.15) is 11.4 Å². The van der Waals surface area contributed by atoms with Crippen molar-refractivity contribution in [3.05, 3.63) is 54.2 Å². The van der Waals surface area contributed by atoms with Crippen molar-refractivity contribution in [1.82, 2.24) is 10.2 Å². The Morgan fingerprint density at radius 2 is 2.05 bits per heavy atom. The predicted octanol–water partition coefficient (Wildman–Crippen LogP) is 3.89. The van der Waals surface area contributed by atoms with E-state index in [2.05, 4.69) is 59.7 Å². The second-order valence-corrected chi connectivity index (χ2v) is 5.99. The van der Waals surface area contributed by atoms with E-state index in [1.165, 1.54) is 5.56 Å². The van der Waals surface area contributed by atoms with Crippen LogP contribution in [-0.4, -0.2) is 15.8 Å². The molecule has 2 heterocycles. The first kappa shape index (κ1) is 12.3. The zero-order valence-corrected chi connectivity index (χ0v) is 12.1. The van der Waals surface area contributed by atoms with E-state index in [1.807, 2.05) is 18.3 Å². The van der Waals surface area contributed by atoms with Gasteiger partial charge in [-0.3, -0.25) is 5.10 Å². The van der Waals surface area contributed by atoms with Crippen LogP contribution in [0.25, 0.3) is 10.9 Å². The molecule has 1 aliphatic heterocycles. The summed E-state index contributed by atoms with van der Waals surface area (Å²) >= 11 is 0. The van der Waals surface area contributed by atoms with Gasteiger partial charge in [0.25, 0.3) is 0 Å². The van der Waals surface area contributed by atoms with E-state index in [0.717, 1.165) is 22.3 Å². The average Bonchev–Trinajstić information content (AvgIpc) is 3.01. The highest BCUT2D eigenvalue weighted by atomic mass is 16.5. The Bertz CT molecular complexity index is 806. The number of nitrogens with zero attached hydrogens (tertiary/aromatic N) is 1. The van der Waals surface area contributed by atoms with Crippen LogP contribution in [0.4, 0.5) is 5.69 Å². The van der Waals surface area contributed by atoms with Crippen molar-refractivity contribution in [2.75, 3.05) is 5.32 Å². The number of hydrogen-bond acceptors (Lipinski definition) is 3. The summed E-state index contributed by atoms with van der Waals surface area (Å²) in [4.78, 5) is 0. The van der Waals surface area contributed by atoms with Gasteiger partial charge < -0.3 is 10.1 Å². The molecule has 1 unspecified atom stereocenters. The van der Waals surface area contributed by atoms with E-state index in [1.54, 1.807) is 0 Å². The summed E-state index contributed by atoms with van der Waals surface area (Å²) in [6, 6.07) is 14.6. The SMILES string of the molecule is CC1(C)Oc2ccccc2C1Nc1ccc2cn[nH]c2c1. The third-order valence-corrected chi connectivity index (χ3v) is 4.05. The molecule has 1 atom stereocenters. The number of rotatable bonds is 2. The molecule has 0 aliphatic carbocycles. The van der Waals surface area contributed by atoms with E-state index in [4.69, 9.17) is 4.74 Å². The lowest BCUT2D eigenvalue weighted by molar-refractivity contribution is 0.118. The van der Waals surface area contributed by atoms with Gasteiger partial charge in [-0.1, -0.05) is 18.2 Å². The van der Waals surface area contributed by atoms with Crippen molar-refractivity contribution in [2.45, 2.75) is 25.5 Å². The molecule has 0 saturated heterocycles. The van der Waals surface area contributed by atoms with Gasteiger partial charge in [-0.25, -0.2) is 0 Å². The number of ether oxygens (including phenoxy) is 1. The summed E-state index contributed by atoms with van der Waals surface area (Å²) in [5.41, 5.74) is 3.01. The maximum Gasteiger partial charge on any atom is 0.128 e. The zero-order chi connectivity index (χ0) is 14.4. The van der Waals surface area contributed by atoms with E-state index >= 15 is 0 Å². The second-order valence-electron chi connectivity index (χ2n) is 5.99. The molecular weight excluding hydrogens is 262 g/mol. The lowest BCUT2D eigenvalue weighted by atomic mass is 9.94. The maximum absolute atomic E-state index is 6.07. The lowest BCUT2D eigenvalue weighted by Gasteiger charge is -2.28. The summed E-state index contributed by atoms with van der Waals surface area (Å²) in [6.45, 7) is 4.22. The van der Waals surface area contributed by atoms with Gasteiger partial charge in [-0.15, -0.1) is 0 Å². The summed E-state index contributed by atoms with van der Waals surface area (Å²) in [6.07, 6.45) is 1.83. The average molecular weight is 279 g/mol. The molecule has 1 aliphatic rings. The van der Waals surface area contributed by atoms with Crippen LogP contribution in [-0.2, 0) is 0 Å². The van der Waals surface area contributed by atoms with Crippen molar-refractivity contribution in [2.24, 2.45) is 0 Å². The molecule has 0 fully saturated rings. The molecule has 3 aromatic rings. The standard InChI is InChI=1S/C17H17N3O/c1-17(2)16(13-5-3-4-6-15(13)21-17)19-12-8-7-11-10-18-20-14(11)9-12/h3-10,16,19H,1-2H3,(H,18,20). The number of fused-ring (bicyclic) bond motifs is 2. The van der Waals surface area contributed by atoms with Crippen LogP contribution in [0.15, 0.2) is 48.7 Å². The Balaban J connectivity index is 1.72. The Hall–Kier alpha value is -2.49. The smallest absolute Gasteiger partial charge is 0.128 e. The molecule has 0 saturated carbocycles. The van der Waals surface area contributed by atoms with Gasteiger partial charge in [0, 0.05) is 16.6 Å². The van der Waals surface area contributed by atoms with Crippen molar-refractivity contribution < 1.29 is 4.74 Å². The van der Waals surface area contributed by atoms with Gasteiger partial charge in [-0.05, 0) is 38.1 Å². The van der Waals surface area contributed by atoms with E-state index in [0.29, 0.717) is 0 Å². The first-order chi connectivity index (χ1) is 10.1. The molecule has 4 heteroatoms. The Labute approximate surface area is 123 Å². The molecule has 4 nitrogen and oxygen atoms in total. The fraction of sp³-hybridized carbons (Fsp3) is 0.235. The van der Waals surface area contributed by atoms with Crippen LogP contribution in [0, 0.1) is 0 Å². The minimum atomic E-state index is -0.285. The fourth-order valence-electron chi connectivity index (χ4n) is 2.97. The molecule has 2 aromatic carbocycles. The number of hydrogen-bond donors (Lipinski definition) is 2. The lowest BCUT2D eigenvalue weighted by Crippen LogP contribution is -2.34. The Kier molecular flexibility index (Phi) is 2.48. The Morgan fingerprint density at radius 3 is 2.95 bits per heavy atom. The number of anilines is 1. The van der Waals surface area contributed by atoms with Crippen molar-refractivity contribution in [3.8, 4) is 5.75 Å². The van der Waals surface area contributed by atoms with Gasteiger partial charge >= 0.3 is 0 Å². The van der Waals surface area contributed by atoms with Crippen LogP contribution in [0.2, 0.25) is 0 Å². The molecule has 106 valence electrons. The minimum Gasteiger partial charge on any atom is -0.485 e. The molecule has 1 aromatic heterocycles. The number of aromatic amines is 1. The highest BCUT2D eigenvalue weighted by Crippen LogP contribution is 2.44. The van der Waals surface area contributed by atoms with E-state index in [-0.39, 0.29) is 11.6 Å². The predicted molar refractivity (Wildman–Crippen MR) is 83.6 cm³/mol. The van der Waals surface area contributed by atoms with Crippen LogP contribution in [0.5, 0.6) is 5.75 Å². The summed E-state index contributed by atoms with van der Waals surface area (Å²) in [5, 5.41) is 11.8. The highest BCUT2D eigenvalue weighted by Gasteiger charge is 2.40. The monoisotopic (exact) mass is 279 g/mol. The number of H-pyrrole nitrogens is 1. The van der Waals surface area contributed by atoms with Crippen LogP contribution < -0.4 is 10.1 Å². The molecule has 21 heavy (non-hydrogen) atoms. The van der Waals surface area contributed by atoms with Crippen molar-refractivity contribution in [3.63, 3.8) is 0 Å². The van der Waals surface area contributed by atoms with Crippen LogP contribution in [0.1, 0.15) is 25.5 Å². The zero-order valence-electron chi connectivity index (χ0n) is 12.1. The van der Waals surface area contributed by atoms with Gasteiger partial charge in [0.05, 0.1) is 17.8 Å². The van der Waals surface area contributed by atoms with Gasteiger partial charge in [0.15, 0.2) is 0 Å². The summed E-state index contributed by atoms with van der Waals surface area (Å²) in [5.74, 6) is 0.961. The van der Waals surface area contributed by atoms with Gasteiger partial charge in [-0.2, -0.15) is 5.10 Å². The van der Waals surface area contributed by atoms with Crippen molar-refractivity contribution in [1.29, 1.82) is 0 Å². The third-order valence-electron chi connectivity index (χ3n) is 4.05. The molecule has 0 bridgehead atoms. The van der Waals surface area contributed by atoms with Crippen molar-refractivity contribution >= 4 is 16.6 Å². The molecule has 2 N–H and O–H groups in total. The number of benzene rings is 2. The minimum absolute atomic E-state index is 0.120. The molecular formula is C17H17N3O. The van der Waals surface area contributed by atoms with Crippen LogP contribution >= 0.6 is 0 Å². The third kappa shape index (κ3) is 1.95. The molecule has 0 spiro atoms. The molecule has 0 amide bonds. The molecule has 4 rings (SSSR count). The van der Waals surface area contributed by atoms with Crippen LogP contribution in [0.3, 0.4) is 0 Å². The van der Waals surface area contributed by atoms with E-state index < -0.39 is 0 Å². The largest absolute Gasteiger partial charge is 0.485 e. The molecule has 0 radical (unpaired) electrons. The van der Waals surface area contributed by atoms with Gasteiger partial charge in [0.2, 0.25) is 0 Å².